The summed E-state index contributed by atoms with van der Waals surface area (Å²) in [6.07, 6.45) is -0.756. The number of hydrogen-bond acceptors (Lipinski definition) is 4. The van der Waals surface area contributed by atoms with Gasteiger partial charge in [-0.25, -0.2) is 0 Å². The van der Waals surface area contributed by atoms with Crippen molar-refractivity contribution in [1.82, 2.24) is 0 Å². The van der Waals surface area contributed by atoms with E-state index in [9.17, 15) is 15.3 Å². The predicted octanol–water partition coefficient (Wildman–Crippen LogP) is 1.93. The van der Waals surface area contributed by atoms with E-state index in [0.717, 1.165) is 0 Å². The first-order valence-electron chi connectivity index (χ1n) is 5.18. The number of aromatic hydroxyl groups is 2. The third-order valence-electron chi connectivity index (χ3n) is 2.54. The van der Waals surface area contributed by atoms with Crippen LogP contribution in [0.3, 0.4) is 0 Å². The Kier molecular flexibility index (Phi) is 5.26. The topological polar surface area (TPSA) is 86.7 Å². The molecule has 1 aromatic carbocycles. The molecule has 0 spiro atoms. The van der Waals surface area contributed by atoms with Crippen LogP contribution in [-0.4, -0.2) is 21.4 Å². The fraction of sp³-hybridized carbons (Fsp3) is 0.500. The minimum absolute atomic E-state index is 0. The van der Waals surface area contributed by atoms with E-state index in [2.05, 4.69) is 0 Å². The van der Waals surface area contributed by atoms with Crippen molar-refractivity contribution in [2.75, 3.05) is 0 Å². The normalized spacial score (nSPS) is 14.9. The highest BCUT2D eigenvalue weighted by atomic mass is 35.5. The summed E-state index contributed by atoms with van der Waals surface area (Å²) in [7, 11) is 0. The number of aliphatic hydroxyl groups excluding tert-OH is 1. The molecule has 0 heterocycles. The molecule has 5 heteroatoms. The lowest BCUT2D eigenvalue weighted by Crippen LogP contribution is -2.36. The molecule has 0 unspecified atom stereocenters. The van der Waals surface area contributed by atoms with Gasteiger partial charge < -0.3 is 21.1 Å². The van der Waals surface area contributed by atoms with Gasteiger partial charge in [0.2, 0.25) is 0 Å². The molecule has 0 aliphatic heterocycles. The Balaban J connectivity index is 0.00000256. The zero-order chi connectivity index (χ0) is 12.5. The third-order valence-corrected chi connectivity index (χ3v) is 2.54. The van der Waals surface area contributed by atoms with Crippen LogP contribution >= 0.6 is 12.4 Å². The van der Waals surface area contributed by atoms with Crippen LogP contribution in [-0.2, 0) is 0 Å². The van der Waals surface area contributed by atoms with Crippen molar-refractivity contribution in [2.45, 2.75) is 32.9 Å². The number of nitrogens with two attached hydrogens (primary N) is 1. The molecule has 17 heavy (non-hydrogen) atoms. The van der Waals surface area contributed by atoms with Crippen molar-refractivity contribution < 1.29 is 15.3 Å². The fourth-order valence-electron chi connectivity index (χ4n) is 1.53. The average Bonchev–Trinajstić information content (AvgIpc) is 2.12. The van der Waals surface area contributed by atoms with Gasteiger partial charge in [0.05, 0.1) is 12.1 Å². The molecule has 0 aliphatic rings. The summed E-state index contributed by atoms with van der Waals surface area (Å²) in [4.78, 5) is 0. The van der Waals surface area contributed by atoms with Gasteiger partial charge in [-0.15, -0.1) is 12.4 Å². The number of hydrogen-bond donors (Lipinski definition) is 4. The van der Waals surface area contributed by atoms with Crippen LogP contribution in [0.2, 0.25) is 0 Å². The smallest absolute Gasteiger partial charge is 0.119 e. The molecule has 1 rings (SSSR count). The Morgan fingerprint density at radius 1 is 1.06 bits per heavy atom. The predicted molar refractivity (Wildman–Crippen MR) is 69.4 cm³/mol. The van der Waals surface area contributed by atoms with Gasteiger partial charge in [-0.05, 0) is 23.1 Å². The number of aliphatic hydroxyl groups is 1. The lowest BCUT2D eigenvalue weighted by Gasteiger charge is -2.31. The first kappa shape index (κ1) is 16.0. The Hall–Kier alpha value is -0.970. The van der Waals surface area contributed by atoms with Gasteiger partial charge in [0, 0.05) is 6.07 Å². The summed E-state index contributed by atoms with van der Waals surface area (Å²) < 4.78 is 0. The number of rotatable bonds is 2. The molecular weight excluding hydrogens is 242 g/mol. The first-order valence-corrected chi connectivity index (χ1v) is 5.18. The molecular formula is C12H20ClNO3. The Morgan fingerprint density at radius 2 is 1.47 bits per heavy atom. The van der Waals surface area contributed by atoms with Crippen molar-refractivity contribution in [3.8, 4) is 11.5 Å². The van der Waals surface area contributed by atoms with Gasteiger partial charge >= 0.3 is 0 Å². The number of benzene rings is 1. The van der Waals surface area contributed by atoms with Crippen molar-refractivity contribution in [3.63, 3.8) is 0 Å². The zero-order valence-corrected chi connectivity index (χ0v) is 11.0. The van der Waals surface area contributed by atoms with Crippen LogP contribution in [0.4, 0.5) is 0 Å². The molecule has 0 amide bonds. The maximum absolute atomic E-state index is 10.0. The van der Waals surface area contributed by atoms with E-state index < -0.39 is 12.1 Å². The van der Waals surface area contributed by atoms with E-state index >= 15 is 0 Å². The largest absolute Gasteiger partial charge is 0.508 e. The van der Waals surface area contributed by atoms with E-state index in [1.165, 1.54) is 18.2 Å². The van der Waals surface area contributed by atoms with Crippen LogP contribution in [0, 0.1) is 5.41 Å². The van der Waals surface area contributed by atoms with Crippen molar-refractivity contribution in [1.29, 1.82) is 0 Å². The minimum atomic E-state index is -0.756. The Morgan fingerprint density at radius 3 is 1.82 bits per heavy atom. The molecule has 1 aromatic rings. The van der Waals surface area contributed by atoms with Crippen molar-refractivity contribution >= 4 is 12.4 Å². The van der Waals surface area contributed by atoms with E-state index in [4.69, 9.17) is 5.73 Å². The highest BCUT2D eigenvalue weighted by molar-refractivity contribution is 5.85. The van der Waals surface area contributed by atoms with E-state index in [1.54, 1.807) is 0 Å². The second-order valence-electron chi connectivity index (χ2n) is 5.12. The van der Waals surface area contributed by atoms with Crippen molar-refractivity contribution in [3.05, 3.63) is 23.8 Å². The molecule has 2 atom stereocenters. The molecule has 0 saturated heterocycles. The highest BCUT2D eigenvalue weighted by Crippen LogP contribution is 2.31. The van der Waals surface area contributed by atoms with Crippen LogP contribution in [0.1, 0.15) is 32.4 Å². The van der Waals surface area contributed by atoms with Crippen LogP contribution < -0.4 is 5.73 Å². The monoisotopic (exact) mass is 261 g/mol. The lowest BCUT2D eigenvalue weighted by atomic mass is 9.82. The molecule has 0 bridgehead atoms. The summed E-state index contributed by atoms with van der Waals surface area (Å²) in [6, 6.07) is 3.47. The van der Waals surface area contributed by atoms with E-state index in [0.29, 0.717) is 5.56 Å². The summed E-state index contributed by atoms with van der Waals surface area (Å²) >= 11 is 0. The zero-order valence-electron chi connectivity index (χ0n) is 10.2. The van der Waals surface area contributed by atoms with Crippen LogP contribution in [0.5, 0.6) is 11.5 Å². The van der Waals surface area contributed by atoms with Crippen molar-refractivity contribution in [2.24, 2.45) is 11.1 Å². The first-order chi connectivity index (χ1) is 7.21. The van der Waals surface area contributed by atoms with Gasteiger partial charge in [-0.2, -0.15) is 0 Å². The number of phenolic OH excluding ortho intramolecular Hbond substituents is 2. The summed E-state index contributed by atoms with van der Waals surface area (Å²) in [5, 5.41) is 28.7. The second-order valence-corrected chi connectivity index (χ2v) is 5.12. The molecule has 5 N–H and O–H groups in total. The average molecular weight is 262 g/mol. The van der Waals surface area contributed by atoms with Gasteiger partial charge in [-0.3, -0.25) is 0 Å². The van der Waals surface area contributed by atoms with Gasteiger partial charge in [-0.1, -0.05) is 20.8 Å². The Bertz CT molecular complexity index is 356. The molecule has 4 nitrogen and oxygen atoms in total. The second kappa shape index (κ2) is 5.58. The van der Waals surface area contributed by atoms with Gasteiger partial charge in [0.25, 0.3) is 0 Å². The van der Waals surface area contributed by atoms with E-state index in [-0.39, 0.29) is 29.3 Å². The molecule has 0 radical (unpaired) electrons. The lowest BCUT2D eigenvalue weighted by molar-refractivity contribution is 0.0400. The summed E-state index contributed by atoms with van der Waals surface area (Å²) in [6.45, 7) is 5.63. The van der Waals surface area contributed by atoms with E-state index in [1.807, 2.05) is 20.8 Å². The molecule has 0 saturated carbocycles. The fourth-order valence-corrected chi connectivity index (χ4v) is 1.53. The highest BCUT2D eigenvalue weighted by Gasteiger charge is 2.29. The molecule has 0 aromatic heterocycles. The molecule has 0 fully saturated rings. The molecule has 98 valence electrons. The Labute approximate surface area is 107 Å². The quantitative estimate of drug-likeness (QED) is 0.655. The number of phenols is 2. The van der Waals surface area contributed by atoms with Gasteiger partial charge in [0.1, 0.15) is 11.5 Å². The van der Waals surface area contributed by atoms with Gasteiger partial charge in [0.15, 0.2) is 0 Å². The maximum Gasteiger partial charge on any atom is 0.119 e. The molecule has 0 aliphatic carbocycles. The SMILES string of the molecule is CC(C)(C)[C@H](O)[C@H](N)c1cc(O)cc(O)c1.Cl. The maximum atomic E-state index is 10.0. The van der Waals surface area contributed by atoms with Crippen LogP contribution in [0.25, 0.3) is 0 Å². The summed E-state index contributed by atoms with van der Waals surface area (Å²) in [5.41, 5.74) is 6.04. The standard InChI is InChI=1S/C12H19NO3.ClH/c1-12(2,3)11(16)10(13)7-4-8(14)6-9(15)5-7;/h4-6,10-11,14-16H,13H2,1-3H3;1H/t10-,11-;/m1./s1. The minimum Gasteiger partial charge on any atom is -0.508 e. The summed E-state index contributed by atoms with van der Waals surface area (Å²) in [5.74, 6) is -0.127. The third kappa shape index (κ3) is 4.07. The van der Waals surface area contributed by atoms with Crippen LogP contribution in [0.15, 0.2) is 18.2 Å². The number of halogens is 1.